The Labute approximate surface area is 155 Å². The van der Waals surface area contributed by atoms with Gasteiger partial charge in [0.25, 0.3) is 0 Å². The maximum absolute atomic E-state index is 12.2. The summed E-state index contributed by atoms with van der Waals surface area (Å²) in [5.41, 5.74) is 4.03. The Balaban J connectivity index is 1.95. The molecule has 26 heavy (non-hydrogen) atoms. The summed E-state index contributed by atoms with van der Waals surface area (Å²) in [6, 6.07) is 13.2. The standard InChI is InChI=1S/C21H27N3O2/c1-14-8-6-11-18(15(14)2)24-19(25)13-22-16-9-7-10-17(12-16)23-20(26)21(3,4)5/h6-12,22H,13H2,1-5H3,(H,23,26)(H,24,25). The van der Waals surface area contributed by atoms with E-state index in [1.54, 1.807) is 0 Å². The van der Waals surface area contributed by atoms with Crippen LogP contribution < -0.4 is 16.0 Å². The molecule has 0 aliphatic heterocycles. The lowest BCUT2D eigenvalue weighted by Crippen LogP contribution is -2.27. The first-order valence-corrected chi connectivity index (χ1v) is 8.68. The molecule has 0 aromatic heterocycles. The molecule has 2 aromatic carbocycles. The molecule has 138 valence electrons. The van der Waals surface area contributed by atoms with E-state index in [4.69, 9.17) is 0 Å². The van der Waals surface area contributed by atoms with Crippen LogP contribution in [0, 0.1) is 19.3 Å². The molecular weight excluding hydrogens is 326 g/mol. The molecule has 0 saturated carbocycles. The molecule has 0 aliphatic rings. The van der Waals surface area contributed by atoms with Gasteiger partial charge in [-0.05, 0) is 49.2 Å². The molecule has 3 N–H and O–H groups in total. The highest BCUT2D eigenvalue weighted by molar-refractivity contribution is 5.96. The SMILES string of the molecule is Cc1cccc(NC(=O)CNc2cccc(NC(=O)C(C)(C)C)c2)c1C. The van der Waals surface area contributed by atoms with Crippen LogP contribution in [0.3, 0.4) is 0 Å². The number of benzene rings is 2. The highest BCUT2D eigenvalue weighted by Crippen LogP contribution is 2.20. The molecule has 2 rings (SSSR count). The smallest absolute Gasteiger partial charge is 0.243 e. The summed E-state index contributed by atoms with van der Waals surface area (Å²) < 4.78 is 0. The predicted molar refractivity (Wildman–Crippen MR) is 108 cm³/mol. The van der Waals surface area contributed by atoms with E-state index in [0.29, 0.717) is 5.69 Å². The van der Waals surface area contributed by atoms with Crippen LogP contribution in [0.4, 0.5) is 17.1 Å². The number of hydrogen-bond donors (Lipinski definition) is 3. The zero-order valence-corrected chi connectivity index (χ0v) is 16.1. The van der Waals surface area contributed by atoms with E-state index in [2.05, 4.69) is 16.0 Å². The summed E-state index contributed by atoms with van der Waals surface area (Å²) in [5.74, 6) is -0.176. The molecule has 0 aliphatic carbocycles. The van der Waals surface area contributed by atoms with Crippen molar-refractivity contribution in [3.8, 4) is 0 Å². The Morgan fingerprint density at radius 2 is 1.58 bits per heavy atom. The van der Waals surface area contributed by atoms with Crippen LogP contribution in [-0.2, 0) is 9.59 Å². The first-order valence-electron chi connectivity index (χ1n) is 8.68. The van der Waals surface area contributed by atoms with Crippen LogP contribution in [0.25, 0.3) is 0 Å². The van der Waals surface area contributed by atoms with Crippen molar-refractivity contribution >= 4 is 28.9 Å². The molecule has 2 amide bonds. The second kappa shape index (κ2) is 8.04. The van der Waals surface area contributed by atoms with E-state index in [9.17, 15) is 9.59 Å². The average molecular weight is 353 g/mol. The maximum Gasteiger partial charge on any atom is 0.243 e. The number of anilines is 3. The van der Waals surface area contributed by atoms with Gasteiger partial charge >= 0.3 is 0 Å². The second-order valence-electron chi connectivity index (χ2n) is 7.43. The summed E-state index contributed by atoms with van der Waals surface area (Å²) in [5, 5.41) is 8.89. The summed E-state index contributed by atoms with van der Waals surface area (Å²) >= 11 is 0. The Bertz CT molecular complexity index is 807. The minimum absolute atomic E-state index is 0.0534. The first-order chi connectivity index (χ1) is 12.2. The molecule has 0 unspecified atom stereocenters. The fourth-order valence-electron chi connectivity index (χ4n) is 2.29. The van der Waals surface area contributed by atoms with E-state index in [0.717, 1.165) is 22.5 Å². The highest BCUT2D eigenvalue weighted by Gasteiger charge is 2.21. The van der Waals surface area contributed by atoms with Crippen molar-refractivity contribution in [2.75, 3.05) is 22.5 Å². The van der Waals surface area contributed by atoms with E-state index in [1.807, 2.05) is 77.1 Å². The monoisotopic (exact) mass is 353 g/mol. The average Bonchev–Trinajstić information content (AvgIpc) is 2.57. The molecule has 0 saturated heterocycles. The summed E-state index contributed by atoms with van der Waals surface area (Å²) in [6.07, 6.45) is 0. The second-order valence-corrected chi connectivity index (χ2v) is 7.43. The van der Waals surface area contributed by atoms with E-state index in [1.165, 1.54) is 0 Å². The molecule has 0 atom stereocenters. The van der Waals surface area contributed by atoms with Crippen molar-refractivity contribution in [3.63, 3.8) is 0 Å². The number of amides is 2. The van der Waals surface area contributed by atoms with Gasteiger partial charge in [0.1, 0.15) is 0 Å². The minimum Gasteiger partial charge on any atom is -0.376 e. The van der Waals surface area contributed by atoms with Crippen molar-refractivity contribution in [1.29, 1.82) is 0 Å². The molecule has 0 spiro atoms. The first kappa shape index (κ1) is 19.5. The topological polar surface area (TPSA) is 70.2 Å². The quantitative estimate of drug-likeness (QED) is 0.749. The Kier molecular flexibility index (Phi) is 6.03. The Morgan fingerprint density at radius 3 is 2.27 bits per heavy atom. The van der Waals surface area contributed by atoms with Crippen LogP contribution >= 0.6 is 0 Å². The summed E-state index contributed by atoms with van der Waals surface area (Å²) in [4.78, 5) is 24.3. The molecule has 2 aromatic rings. The Hall–Kier alpha value is -2.82. The third-order valence-electron chi connectivity index (χ3n) is 4.13. The lowest BCUT2D eigenvalue weighted by atomic mass is 9.95. The normalized spacial score (nSPS) is 11.0. The van der Waals surface area contributed by atoms with Crippen LogP contribution in [-0.4, -0.2) is 18.4 Å². The summed E-state index contributed by atoms with van der Waals surface area (Å²) in [6.45, 7) is 9.73. The number of hydrogen-bond acceptors (Lipinski definition) is 3. The van der Waals surface area contributed by atoms with Gasteiger partial charge in [-0.15, -0.1) is 0 Å². The fraction of sp³-hybridized carbons (Fsp3) is 0.333. The summed E-state index contributed by atoms with van der Waals surface area (Å²) in [7, 11) is 0. The van der Waals surface area contributed by atoms with Gasteiger partial charge in [-0.25, -0.2) is 0 Å². The number of rotatable bonds is 5. The van der Waals surface area contributed by atoms with Crippen LogP contribution in [0.5, 0.6) is 0 Å². The fourth-order valence-corrected chi connectivity index (χ4v) is 2.29. The number of aryl methyl sites for hydroxylation is 1. The molecule has 0 heterocycles. The van der Waals surface area contributed by atoms with Gasteiger partial charge in [0.05, 0.1) is 6.54 Å². The molecular formula is C21H27N3O2. The van der Waals surface area contributed by atoms with Crippen molar-refractivity contribution in [3.05, 3.63) is 53.6 Å². The lowest BCUT2D eigenvalue weighted by molar-refractivity contribution is -0.123. The number of carbonyl (C=O) groups is 2. The molecule has 0 bridgehead atoms. The minimum atomic E-state index is -0.463. The van der Waals surface area contributed by atoms with Crippen LogP contribution in [0.15, 0.2) is 42.5 Å². The van der Waals surface area contributed by atoms with E-state index >= 15 is 0 Å². The van der Waals surface area contributed by atoms with Crippen molar-refractivity contribution in [1.82, 2.24) is 0 Å². The van der Waals surface area contributed by atoms with Gasteiger partial charge < -0.3 is 16.0 Å². The third-order valence-corrected chi connectivity index (χ3v) is 4.13. The largest absolute Gasteiger partial charge is 0.376 e. The van der Waals surface area contributed by atoms with Crippen LogP contribution in [0.2, 0.25) is 0 Å². The van der Waals surface area contributed by atoms with Gasteiger partial charge in [-0.3, -0.25) is 9.59 Å². The van der Waals surface area contributed by atoms with Gasteiger partial charge in [0.2, 0.25) is 11.8 Å². The molecule has 5 heteroatoms. The van der Waals surface area contributed by atoms with E-state index < -0.39 is 5.41 Å². The molecule has 0 fully saturated rings. The van der Waals surface area contributed by atoms with Crippen molar-refractivity contribution in [2.24, 2.45) is 5.41 Å². The van der Waals surface area contributed by atoms with Gasteiger partial charge in [0.15, 0.2) is 0 Å². The third kappa shape index (κ3) is 5.34. The highest BCUT2D eigenvalue weighted by atomic mass is 16.2. The maximum atomic E-state index is 12.2. The number of carbonyl (C=O) groups excluding carboxylic acids is 2. The van der Waals surface area contributed by atoms with Gasteiger partial charge in [-0.1, -0.05) is 39.0 Å². The zero-order chi connectivity index (χ0) is 19.3. The van der Waals surface area contributed by atoms with Crippen molar-refractivity contribution in [2.45, 2.75) is 34.6 Å². The molecule has 0 radical (unpaired) electrons. The van der Waals surface area contributed by atoms with Crippen LogP contribution in [0.1, 0.15) is 31.9 Å². The number of nitrogens with one attached hydrogen (secondary N) is 3. The predicted octanol–water partition coefficient (Wildman–Crippen LogP) is 4.34. The van der Waals surface area contributed by atoms with E-state index in [-0.39, 0.29) is 18.4 Å². The van der Waals surface area contributed by atoms with Gasteiger partial charge in [-0.2, -0.15) is 0 Å². The Morgan fingerprint density at radius 1 is 0.923 bits per heavy atom. The van der Waals surface area contributed by atoms with Gasteiger partial charge in [0, 0.05) is 22.5 Å². The zero-order valence-electron chi connectivity index (χ0n) is 16.1. The molecule has 5 nitrogen and oxygen atoms in total. The van der Waals surface area contributed by atoms with Crippen molar-refractivity contribution < 1.29 is 9.59 Å². The lowest BCUT2D eigenvalue weighted by Gasteiger charge is -2.18.